The maximum absolute atomic E-state index is 11.8. The molecule has 0 aromatic heterocycles. The SMILES string of the molecule is CC(C)(C)OC(=O)NCC(=O)c1ccc(C#N)cc1. The summed E-state index contributed by atoms with van der Waals surface area (Å²) < 4.78 is 5.02. The van der Waals surface area contributed by atoms with Gasteiger partial charge in [-0.2, -0.15) is 5.26 Å². The summed E-state index contributed by atoms with van der Waals surface area (Å²) in [7, 11) is 0. The van der Waals surface area contributed by atoms with Gasteiger partial charge in [0.05, 0.1) is 18.2 Å². The van der Waals surface area contributed by atoms with Gasteiger partial charge in [-0.15, -0.1) is 0 Å². The monoisotopic (exact) mass is 260 g/mol. The maximum atomic E-state index is 11.8. The van der Waals surface area contributed by atoms with E-state index in [0.29, 0.717) is 11.1 Å². The van der Waals surface area contributed by atoms with Crippen LogP contribution in [0.3, 0.4) is 0 Å². The molecule has 5 heteroatoms. The zero-order valence-corrected chi connectivity index (χ0v) is 11.2. The summed E-state index contributed by atoms with van der Waals surface area (Å²) in [6, 6.07) is 8.19. The average Bonchev–Trinajstić information content (AvgIpc) is 2.34. The van der Waals surface area contributed by atoms with E-state index in [1.165, 1.54) is 0 Å². The summed E-state index contributed by atoms with van der Waals surface area (Å²) in [6.07, 6.45) is -0.630. The van der Waals surface area contributed by atoms with Crippen LogP contribution < -0.4 is 5.32 Å². The topological polar surface area (TPSA) is 79.2 Å². The molecule has 100 valence electrons. The Morgan fingerprint density at radius 2 is 1.84 bits per heavy atom. The molecule has 0 spiro atoms. The third-order valence-corrected chi connectivity index (χ3v) is 2.13. The van der Waals surface area contributed by atoms with Gasteiger partial charge in [0.2, 0.25) is 0 Å². The number of ketones is 1. The third-order valence-electron chi connectivity index (χ3n) is 2.13. The summed E-state index contributed by atoms with van der Waals surface area (Å²) in [5, 5.41) is 11.0. The molecule has 0 saturated heterocycles. The molecule has 0 aliphatic heterocycles. The van der Waals surface area contributed by atoms with Crippen LogP contribution in [-0.4, -0.2) is 24.0 Å². The minimum absolute atomic E-state index is 0.138. The van der Waals surface area contributed by atoms with E-state index in [-0.39, 0.29) is 12.3 Å². The molecule has 0 fully saturated rings. The number of carbonyl (C=O) groups is 2. The molecule has 0 unspecified atom stereocenters. The first kappa shape index (κ1) is 14.7. The van der Waals surface area contributed by atoms with E-state index in [2.05, 4.69) is 5.32 Å². The first-order chi connectivity index (χ1) is 8.81. The van der Waals surface area contributed by atoms with E-state index in [1.54, 1.807) is 45.0 Å². The number of nitrogens with zero attached hydrogens (tertiary/aromatic N) is 1. The molecule has 0 heterocycles. The van der Waals surface area contributed by atoms with E-state index in [0.717, 1.165) is 0 Å². The first-order valence-electron chi connectivity index (χ1n) is 5.82. The maximum Gasteiger partial charge on any atom is 0.408 e. The Kier molecular flexibility index (Phi) is 4.65. The Bertz CT molecular complexity index is 507. The van der Waals surface area contributed by atoms with E-state index in [1.807, 2.05) is 6.07 Å². The van der Waals surface area contributed by atoms with Crippen molar-refractivity contribution in [1.82, 2.24) is 5.32 Å². The van der Waals surface area contributed by atoms with Crippen molar-refractivity contribution in [2.75, 3.05) is 6.54 Å². The van der Waals surface area contributed by atoms with Gasteiger partial charge >= 0.3 is 6.09 Å². The Labute approximate surface area is 112 Å². The van der Waals surface area contributed by atoms with Crippen molar-refractivity contribution >= 4 is 11.9 Å². The van der Waals surface area contributed by atoms with Crippen molar-refractivity contribution in [3.8, 4) is 6.07 Å². The number of rotatable bonds is 3. The number of nitrogens with one attached hydrogen (secondary N) is 1. The molecule has 1 amide bonds. The number of amides is 1. The Morgan fingerprint density at radius 3 is 2.32 bits per heavy atom. The third kappa shape index (κ3) is 5.21. The number of Topliss-reactive ketones (excluding diaryl/α,β-unsaturated/α-hetero) is 1. The molecular formula is C14H16N2O3. The largest absolute Gasteiger partial charge is 0.444 e. The molecule has 5 nitrogen and oxygen atoms in total. The molecule has 0 radical (unpaired) electrons. The standard InChI is InChI=1S/C14H16N2O3/c1-14(2,3)19-13(18)16-9-12(17)11-6-4-10(8-15)5-7-11/h4-7H,9H2,1-3H3,(H,16,18). The van der Waals surface area contributed by atoms with E-state index < -0.39 is 11.7 Å². The van der Waals surface area contributed by atoms with Crippen molar-refractivity contribution in [1.29, 1.82) is 5.26 Å². The lowest BCUT2D eigenvalue weighted by Gasteiger charge is -2.19. The van der Waals surface area contributed by atoms with Crippen molar-refractivity contribution in [3.63, 3.8) is 0 Å². The summed E-state index contributed by atoms with van der Waals surface area (Å²) >= 11 is 0. The fourth-order valence-electron chi connectivity index (χ4n) is 1.30. The Hall–Kier alpha value is -2.35. The lowest BCUT2D eigenvalue weighted by molar-refractivity contribution is 0.0520. The highest BCUT2D eigenvalue weighted by molar-refractivity contribution is 5.98. The van der Waals surface area contributed by atoms with E-state index in [4.69, 9.17) is 10.00 Å². The fraction of sp³-hybridized carbons (Fsp3) is 0.357. The number of benzene rings is 1. The molecule has 0 bridgehead atoms. The fourth-order valence-corrected chi connectivity index (χ4v) is 1.30. The number of carbonyl (C=O) groups excluding carboxylic acids is 2. The molecule has 1 aromatic carbocycles. The molecule has 19 heavy (non-hydrogen) atoms. The number of ether oxygens (including phenoxy) is 1. The molecule has 0 saturated carbocycles. The van der Waals surface area contributed by atoms with Crippen molar-refractivity contribution < 1.29 is 14.3 Å². The van der Waals surface area contributed by atoms with Crippen LogP contribution in [0.15, 0.2) is 24.3 Å². The summed E-state index contributed by atoms with van der Waals surface area (Å²) in [5.74, 6) is -0.240. The zero-order chi connectivity index (χ0) is 14.5. The minimum Gasteiger partial charge on any atom is -0.444 e. The predicted molar refractivity (Wildman–Crippen MR) is 69.7 cm³/mol. The number of hydrogen-bond acceptors (Lipinski definition) is 4. The van der Waals surface area contributed by atoms with Gasteiger partial charge < -0.3 is 10.1 Å². The van der Waals surface area contributed by atoms with Gasteiger partial charge in [-0.3, -0.25) is 4.79 Å². The summed E-state index contributed by atoms with van der Waals surface area (Å²) in [6.45, 7) is 5.10. The molecule has 1 rings (SSSR count). The highest BCUT2D eigenvalue weighted by Crippen LogP contribution is 2.07. The lowest BCUT2D eigenvalue weighted by Crippen LogP contribution is -2.35. The van der Waals surface area contributed by atoms with Gasteiger partial charge in [-0.25, -0.2) is 4.79 Å². The molecule has 0 atom stereocenters. The highest BCUT2D eigenvalue weighted by Gasteiger charge is 2.16. The second-order valence-electron chi connectivity index (χ2n) is 4.97. The quantitative estimate of drug-likeness (QED) is 0.845. The summed E-state index contributed by atoms with van der Waals surface area (Å²) in [4.78, 5) is 23.1. The van der Waals surface area contributed by atoms with Crippen LogP contribution in [0.1, 0.15) is 36.7 Å². The van der Waals surface area contributed by atoms with Gasteiger partial charge in [0.25, 0.3) is 0 Å². The van der Waals surface area contributed by atoms with Crippen molar-refractivity contribution in [3.05, 3.63) is 35.4 Å². The normalized spacial score (nSPS) is 10.4. The highest BCUT2D eigenvalue weighted by atomic mass is 16.6. The van der Waals surface area contributed by atoms with Crippen LogP contribution in [0.4, 0.5) is 4.79 Å². The van der Waals surface area contributed by atoms with Crippen LogP contribution in [-0.2, 0) is 4.74 Å². The smallest absolute Gasteiger partial charge is 0.408 e. The molecule has 0 aliphatic rings. The Balaban J connectivity index is 2.51. The predicted octanol–water partition coefficient (Wildman–Crippen LogP) is 2.27. The van der Waals surface area contributed by atoms with Crippen LogP contribution in [0, 0.1) is 11.3 Å². The van der Waals surface area contributed by atoms with Crippen LogP contribution in [0.2, 0.25) is 0 Å². The first-order valence-corrected chi connectivity index (χ1v) is 5.82. The number of nitriles is 1. The van der Waals surface area contributed by atoms with Gasteiger partial charge in [-0.05, 0) is 32.9 Å². The average molecular weight is 260 g/mol. The van der Waals surface area contributed by atoms with Crippen molar-refractivity contribution in [2.24, 2.45) is 0 Å². The van der Waals surface area contributed by atoms with Crippen molar-refractivity contribution in [2.45, 2.75) is 26.4 Å². The minimum atomic E-state index is -0.630. The van der Waals surface area contributed by atoms with Crippen LogP contribution in [0.5, 0.6) is 0 Å². The molecule has 0 aliphatic carbocycles. The van der Waals surface area contributed by atoms with E-state index >= 15 is 0 Å². The van der Waals surface area contributed by atoms with E-state index in [9.17, 15) is 9.59 Å². The second kappa shape index (κ2) is 6.01. The van der Waals surface area contributed by atoms with Gasteiger partial charge in [0, 0.05) is 5.56 Å². The molecule has 1 aromatic rings. The van der Waals surface area contributed by atoms with Crippen LogP contribution in [0.25, 0.3) is 0 Å². The Morgan fingerprint density at radius 1 is 1.26 bits per heavy atom. The number of alkyl carbamates (subject to hydrolysis) is 1. The number of hydrogen-bond donors (Lipinski definition) is 1. The van der Waals surface area contributed by atoms with Gasteiger partial charge in [0.15, 0.2) is 5.78 Å². The summed E-state index contributed by atoms with van der Waals surface area (Å²) in [5.41, 5.74) is 0.327. The zero-order valence-electron chi connectivity index (χ0n) is 11.2. The van der Waals surface area contributed by atoms with Crippen LogP contribution >= 0.6 is 0 Å². The lowest BCUT2D eigenvalue weighted by atomic mass is 10.1. The molecular weight excluding hydrogens is 244 g/mol. The van der Waals surface area contributed by atoms with Gasteiger partial charge in [0.1, 0.15) is 5.60 Å². The van der Waals surface area contributed by atoms with Gasteiger partial charge in [-0.1, -0.05) is 12.1 Å². The second-order valence-corrected chi connectivity index (χ2v) is 4.97. The molecule has 1 N–H and O–H groups in total.